The van der Waals surface area contributed by atoms with Gasteiger partial charge in [0, 0.05) is 11.6 Å². The highest BCUT2D eigenvalue weighted by Crippen LogP contribution is 2.14. The normalized spacial score (nSPS) is 11.5. The Balaban J connectivity index is 0.00000289. The number of nitrogens with one attached hydrogen (secondary N) is 1. The zero-order valence-electron chi connectivity index (χ0n) is 10.2. The van der Waals surface area contributed by atoms with Crippen LogP contribution in [0.15, 0.2) is 24.3 Å². The van der Waals surface area contributed by atoms with Crippen molar-refractivity contribution in [3.8, 4) is 0 Å². The van der Waals surface area contributed by atoms with Gasteiger partial charge in [0.1, 0.15) is 0 Å². The van der Waals surface area contributed by atoms with Crippen LogP contribution in [0, 0.1) is 0 Å². The van der Waals surface area contributed by atoms with Crippen molar-refractivity contribution in [2.45, 2.75) is 19.0 Å². The van der Waals surface area contributed by atoms with E-state index in [9.17, 15) is 4.79 Å². The lowest BCUT2D eigenvalue weighted by Gasteiger charge is -2.12. The molecule has 1 aromatic carbocycles. The van der Waals surface area contributed by atoms with Crippen LogP contribution in [0.25, 0.3) is 0 Å². The van der Waals surface area contributed by atoms with Gasteiger partial charge >= 0.3 is 0 Å². The molecule has 1 atom stereocenters. The maximum atomic E-state index is 11.6. The average molecular weight is 309 g/mol. The summed E-state index contributed by atoms with van der Waals surface area (Å²) >= 11 is 7.67. The molecule has 0 aliphatic carbocycles. The summed E-state index contributed by atoms with van der Waals surface area (Å²) in [5.41, 5.74) is 6.65. The van der Waals surface area contributed by atoms with Gasteiger partial charge in [-0.3, -0.25) is 4.79 Å². The summed E-state index contributed by atoms with van der Waals surface area (Å²) in [4.78, 5) is 11.6. The molecule has 3 N–H and O–H groups in total. The third-order valence-corrected chi connectivity index (χ3v) is 3.39. The van der Waals surface area contributed by atoms with Gasteiger partial charge < -0.3 is 11.1 Å². The van der Waals surface area contributed by atoms with Crippen LogP contribution in [-0.4, -0.2) is 24.0 Å². The molecule has 0 saturated heterocycles. The highest BCUT2D eigenvalue weighted by molar-refractivity contribution is 7.98. The third kappa shape index (κ3) is 5.96. The molecule has 1 unspecified atom stereocenters. The molecule has 1 rings (SSSR count). The maximum absolute atomic E-state index is 11.6. The van der Waals surface area contributed by atoms with E-state index in [0.717, 1.165) is 11.3 Å². The first-order valence-corrected chi connectivity index (χ1v) is 7.18. The van der Waals surface area contributed by atoms with Crippen molar-refractivity contribution < 1.29 is 4.79 Å². The first-order valence-electron chi connectivity index (χ1n) is 5.40. The van der Waals surface area contributed by atoms with Crippen LogP contribution in [0.5, 0.6) is 0 Å². The molecule has 0 fully saturated rings. The number of halogens is 2. The molecule has 0 saturated carbocycles. The standard InChI is InChI=1S/C12H17ClN2OS.ClH/c1-17-7-6-11(14)12(16)15-8-9-4-2-3-5-10(9)13;/h2-5,11H,6-8,14H2,1H3,(H,15,16);1H. The Kier molecular flexibility index (Phi) is 9.28. The van der Waals surface area contributed by atoms with Crippen molar-refractivity contribution in [2.24, 2.45) is 5.73 Å². The first-order chi connectivity index (χ1) is 8.15. The predicted octanol–water partition coefficient (Wildman–Crippen LogP) is 2.46. The summed E-state index contributed by atoms with van der Waals surface area (Å²) in [6, 6.07) is 7.00. The van der Waals surface area contributed by atoms with E-state index in [1.165, 1.54) is 0 Å². The molecule has 1 aromatic rings. The van der Waals surface area contributed by atoms with Crippen molar-refractivity contribution in [3.05, 3.63) is 34.9 Å². The van der Waals surface area contributed by atoms with Crippen LogP contribution in [-0.2, 0) is 11.3 Å². The lowest BCUT2D eigenvalue weighted by Crippen LogP contribution is -2.40. The third-order valence-electron chi connectivity index (χ3n) is 2.38. The van der Waals surface area contributed by atoms with E-state index >= 15 is 0 Å². The molecule has 0 aliphatic heterocycles. The number of rotatable bonds is 6. The summed E-state index contributed by atoms with van der Waals surface area (Å²) in [5, 5.41) is 3.45. The topological polar surface area (TPSA) is 55.1 Å². The number of benzene rings is 1. The highest BCUT2D eigenvalue weighted by Gasteiger charge is 2.12. The SMILES string of the molecule is CSCCC(N)C(=O)NCc1ccccc1Cl.Cl. The van der Waals surface area contributed by atoms with Gasteiger partial charge in [0.05, 0.1) is 6.04 Å². The number of amides is 1. The Hall–Kier alpha value is -0.420. The van der Waals surface area contributed by atoms with E-state index in [2.05, 4.69) is 5.32 Å². The number of carbonyl (C=O) groups excluding carboxylic acids is 1. The second-order valence-electron chi connectivity index (χ2n) is 3.70. The van der Waals surface area contributed by atoms with E-state index in [1.807, 2.05) is 24.5 Å². The van der Waals surface area contributed by atoms with Crippen LogP contribution in [0.2, 0.25) is 5.02 Å². The average Bonchev–Trinajstić information content (AvgIpc) is 2.34. The van der Waals surface area contributed by atoms with E-state index in [4.69, 9.17) is 17.3 Å². The predicted molar refractivity (Wildman–Crippen MR) is 81.5 cm³/mol. The minimum absolute atomic E-state index is 0. The van der Waals surface area contributed by atoms with Gasteiger partial charge in [-0.05, 0) is 30.1 Å². The van der Waals surface area contributed by atoms with Crippen LogP contribution in [0.1, 0.15) is 12.0 Å². The Morgan fingerprint density at radius 3 is 2.78 bits per heavy atom. The molecule has 102 valence electrons. The lowest BCUT2D eigenvalue weighted by molar-refractivity contribution is -0.122. The quantitative estimate of drug-likeness (QED) is 0.849. The van der Waals surface area contributed by atoms with Crippen molar-refractivity contribution in [1.82, 2.24) is 5.32 Å². The molecular weight excluding hydrogens is 291 g/mol. The molecule has 0 heterocycles. The second-order valence-corrected chi connectivity index (χ2v) is 5.09. The lowest BCUT2D eigenvalue weighted by atomic mass is 10.2. The summed E-state index contributed by atoms with van der Waals surface area (Å²) < 4.78 is 0. The van der Waals surface area contributed by atoms with Crippen LogP contribution in [0.3, 0.4) is 0 Å². The van der Waals surface area contributed by atoms with E-state index in [0.29, 0.717) is 18.0 Å². The smallest absolute Gasteiger partial charge is 0.237 e. The van der Waals surface area contributed by atoms with Crippen molar-refractivity contribution in [3.63, 3.8) is 0 Å². The van der Waals surface area contributed by atoms with Gasteiger partial charge in [0.25, 0.3) is 0 Å². The summed E-state index contributed by atoms with van der Waals surface area (Å²) in [5.74, 6) is 0.764. The van der Waals surface area contributed by atoms with Gasteiger partial charge in [-0.25, -0.2) is 0 Å². The molecule has 6 heteroatoms. The van der Waals surface area contributed by atoms with E-state index in [1.54, 1.807) is 17.8 Å². The van der Waals surface area contributed by atoms with Gasteiger partial charge in [-0.15, -0.1) is 12.4 Å². The van der Waals surface area contributed by atoms with Gasteiger partial charge in [0.15, 0.2) is 0 Å². The highest BCUT2D eigenvalue weighted by atomic mass is 35.5. The fourth-order valence-corrected chi connectivity index (χ4v) is 2.02. The van der Waals surface area contributed by atoms with Crippen molar-refractivity contribution in [2.75, 3.05) is 12.0 Å². The summed E-state index contributed by atoms with van der Waals surface area (Å²) in [6.45, 7) is 0.422. The summed E-state index contributed by atoms with van der Waals surface area (Å²) in [7, 11) is 0. The van der Waals surface area contributed by atoms with E-state index in [-0.39, 0.29) is 18.3 Å². The fraction of sp³-hybridized carbons (Fsp3) is 0.417. The zero-order valence-corrected chi connectivity index (χ0v) is 12.6. The number of hydrogen-bond donors (Lipinski definition) is 2. The molecule has 3 nitrogen and oxygen atoms in total. The van der Waals surface area contributed by atoms with Crippen LogP contribution in [0.4, 0.5) is 0 Å². The maximum Gasteiger partial charge on any atom is 0.237 e. The monoisotopic (exact) mass is 308 g/mol. The zero-order chi connectivity index (χ0) is 12.7. The van der Waals surface area contributed by atoms with Crippen LogP contribution < -0.4 is 11.1 Å². The molecule has 0 aromatic heterocycles. The molecule has 0 spiro atoms. The van der Waals surface area contributed by atoms with Gasteiger partial charge in [0.2, 0.25) is 5.91 Å². The van der Waals surface area contributed by atoms with Gasteiger partial charge in [-0.1, -0.05) is 29.8 Å². The Morgan fingerprint density at radius 1 is 1.50 bits per heavy atom. The van der Waals surface area contributed by atoms with E-state index < -0.39 is 6.04 Å². The number of hydrogen-bond acceptors (Lipinski definition) is 3. The molecule has 0 bridgehead atoms. The molecule has 1 amide bonds. The van der Waals surface area contributed by atoms with Crippen LogP contribution >= 0.6 is 35.8 Å². The fourth-order valence-electron chi connectivity index (χ4n) is 1.33. The minimum Gasteiger partial charge on any atom is -0.351 e. The Bertz CT molecular complexity index is 377. The molecule has 18 heavy (non-hydrogen) atoms. The number of carbonyl (C=O) groups is 1. The molecule has 0 aliphatic rings. The van der Waals surface area contributed by atoms with Crippen molar-refractivity contribution in [1.29, 1.82) is 0 Å². The number of thioether (sulfide) groups is 1. The Morgan fingerprint density at radius 2 is 2.17 bits per heavy atom. The second kappa shape index (κ2) is 9.50. The molecule has 0 radical (unpaired) electrons. The van der Waals surface area contributed by atoms with Gasteiger partial charge in [-0.2, -0.15) is 11.8 Å². The largest absolute Gasteiger partial charge is 0.351 e. The first kappa shape index (κ1) is 17.6. The Labute approximate surface area is 123 Å². The number of nitrogens with two attached hydrogens (primary N) is 1. The van der Waals surface area contributed by atoms with Crippen molar-refractivity contribution >= 4 is 41.7 Å². The molecular formula is C12H18Cl2N2OS. The minimum atomic E-state index is -0.440. The summed E-state index contributed by atoms with van der Waals surface area (Å²) in [6.07, 6.45) is 2.68.